The molecule has 0 saturated carbocycles. The van der Waals surface area contributed by atoms with Crippen molar-refractivity contribution in [2.45, 2.75) is 6.54 Å². The number of hydrogen-bond acceptors (Lipinski definition) is 5. The van der Waals surface area contributed by atoms with Crippen molar-refractivity contribution in [2.24, 2.45) is 0 Å². The van der Waals surface area contributed by atoms with E-state index in [1.54, 1.807) is 0 Å². The number of benzene rings is 2. The molecule has 0 radical (unpaired) electrons. The van der Waals surface area contributed by atoms with Gasteiger partial charge in [-0.1, -0.05) is 35.9 Å². The van der Waals surface area contributed by atoms with Gasteiger partial charge < -0.3 is 4.74 Å². The first kappa shape index (κ1) is 19.1. The summed E-state index contributed by atoms with van der Waals surface area (Å²) in [6.45, 7) is 4.34. The number of aromatic nitrogens is 1. The molecule has 3 aromatic rings. The van der Waals surface area contributed by atoms with Gasteiger partial charge in [0.25, 0.3) is 5.91 Å². The molecule has 2 aromatic carbocycles. The van der Waals surface area contributed by atoms with E-state index < -0.39 is 0 Å². The number of nitrogens with zero attached hydrogens (tertiary/aromatic N) is 2. The van der Waals surface area contributed by atoms with Crippen molar-refractivity contribution in [3.8, 4) is 11.3 Å². The summed E-state index contributed by atoms with van der Waals surface area (Å²) in [4.78, 5) is 19.4. The first-order valence-corrected chi connectivity index (χ1v) is 10.3. The molecule has 0 spiro atoms. The number of ether oxygens (including phenoxy) is 1. The number of anilines is 1. The van der Waals surface area contributed by atoms with Gasteiger partial charge in [-0.25, -0.2) is 4.98 Å². The molecule has 1 aliphatic heterocycles. The van der Waals surface area contributed by atoms with Crippen LogP contribution in [0.2, 0.25) is 5.02 Å². The van der Waals surface area contributed by atoms with Crippen molar-refractivity contribution in [3.63, 3.8) is 0 Å². The van der Waals surface area contributed by atoms with Crippen LogP contribution in [0.25, 0.3) is 11.3 Å². The summed E-state index contributed by atoms with van der Waals surface area (Å²) in [5, 5.41) is 6.06. The minimum atomic E-state index is -0.157. The molecular weight excluding hydrogens is 394 g/mol. The molecule has 28 heavy (non-hydrogen) atoms. The quantitative estimate of drug-likeness (QED) is 0.666. The Labute approximate surface area is 172 Å². The Balaban J connectivity index is 1.37. The SMILES string of the molecule is O=C(Nc1nc(-c2ccc(Cl)cc2)cs1)c1ccc(CN2CCOCC2)cc1. The van der Waals surface area contributed by atoms with Crippen molar-refractivity contribution < 1.29 is 9.53 Å². The van der Waals surface area contributed by atoms with Gasteiger partial charge in [-0.3, -0.25) is 15.0 Å². The number of thiazole rings is 1. The fraction of sp³-hybridized carbons (Fsp3) is 0.238. The van der Waals surface area contributed by atoms with Crippen LogP contribution < -0.4 is 5.32 Å². The van der Waals surface area contributed by atoms with E-state index in [9.17, 15) is 4.79 Å². The van der Waals surface area contributed by atoms with Gasteiger partial charge in [0.15, 0.2) is 5.13 Å². The van der Waals surface area contributed by atoms with Crippen LogP contribution >= 0.6 is 22.9 Å². The second-order valence-corrected chi connectivity index (χ2v) is 7.88. The zero-order valence-corrected chi connectivity index (χ0v) is 16.8. The predicted molar refractivity (Wildman–Crippen MR) is 113 cm³/mol. The smallest absolute Gasteiger partial charge is 0.257 e. The summed E-state index contributed by atoms with van der Waals surface area (Å²) in [5.41, 5.74) is 3.60. The highest BCUT2D eigenvalue weighted by molar-refractivity contribution is 7.14. The van der Waals surface area contributed by atoms with E-state index in [1.165, 1.54) is 16.9 Å². The normalized spacial score (nSPS) is 14.8. The van der Waals surface area contributed by atoms with E-state index in [1.807, 2.05) is 53.9 Å². The summed E-state index contributed by atoms with van der Waals surface area (Å²) in [6.07, 6.45) is 0. The van der Waals surface area contributed by atoms with Crippen LogP contribution in [0.4, 0.5) is 5.13 Å². The van der Waals surface area contributed by atoms with Gasteiger partial charge in [-0.05, 0) is 29.8 Å². The zero-order chi connectivity index (χ0) is 19.3. The Morgan fingerprint density at radius 1 is 1.11 bits per heavy atom. The number of carbonyl (C=O) groups excluding carboxylic acids is 1. The van der Waals surface area contributed by atoms with E-state index in [-0.39, 0.29) is 5.91 Å². The minimum absolute atomic E-state index is 0.157. The Kier molecular flexibility index (Phi) is 6.02. The Hall–Kier alpha value is -2.25. The Morgan fingerprint density at radius 2 is 1.82 bits per heavy atom. The zero-order valence-electron chi connectivity index (χ0n) is 15.2. The van der Waals surface area contributed by atoms with Gasteiger partial charge in [-0.2, -0.15) is 0 Å². The highest BCUT2D eigenvalue weighted by Gasteiger charge is 2.13. The lowest BCUT2D eigenvalue weighted by atomic mass is 10.1. The summed E-state index contributed by atoms with van der Waals surface area (Å²) < 4.78 is 5.37. The third-order valence-electron chi connectivity index (χ3n) is 4.59. The number of amides is 1. The van der Waals surface area contributed by atoms with Gasteiger partial charge in [0.2, 0.25) is 0 Å². The van der Waals surface area contributed by atoms with Crippen molar-refractivity contribution in [2.75, 3.05) is 31.6 Å². The third-order valence-corrected chi connectivity index (χ3v) is 5.60. The molecule has 0 unspecified atom stereocenters. The second-order valence-electron chi connectivity index (χ2n) is 6.58. The van der Waals surface area contributed by atoms with Crippen LogP contribution in [0, 0.1) is 0 Å². The maximum atomic E-state index is 12.5. The molecule has 0 bridgehead atoms. The van der Waals surface area contributed by atoms with Crippen molar-refractivity contribution in [1.29, 1.82) is 0 Å². The van der Waals surface area contributed by atoms with Gasteiger partial charge >= 0.3 is 0 Å². The number of nitrogens with one attached hydrogen (secondary N) is 1. The molecule has 4 rings (SSSR count). The van der Waals surface area contributed by atoms with E-state index in [0.717, 1.165) is 44.1 Å². The molecule has 1 aromatic heterocycles. The van der Waals surface area contributed by atoms with Gasteiger partial charge in [0, 0.05) is 41.2 Å². The molecule has 1 aliphatic rings. The Morgan fingerprint density at radius 3 is 2.54 bits per heavy atom. The average molecular weight is 414 g/mol. The summed E-state index contributed by atoms with van der Waals surface area (Å²) in [6, 6.07) is 15.2. The molecule has 7 heteroatoms. The standard InChI is InChI=1S/C21H20ClN3O2S/c22-18-7-5-16(6-8-18)19-14-28-21(23-19)24-20(26)17-3-1-15(2-4-17)13-25-9-11-27-12-10-25/h1-8,14H,9-13H2,(H,23,24,26). The minimum Gasteiger partial charge on any atom is -0.379 e. The van der Waals surface area contributed by atoms with Crippen LogP contribution in [0.1, 0.15) is 15.9 Å². The molecule has 2 heterocycles. The fourth-order valence-corrected chi connectivity index (χ4v) is 3.87. The van der Waals surface area contributed by atoms with Crippen LogP contribution in [-0.2, 0) is 11.3 Å². The molecular formula is C21H20ClN3O2S. The fourth-order valence-electron chi connectivity index (χ4n) is 3.03. The van der Waals surface area contributed by atoms with Crippen LogP contribution in [0.5, 0.6) is 0 Å². The lowest BCUT2D eigenvalue weighted by Gasteiger charge is -2.26. The largest absolute Gasteiger partial charge is 0.379 e. The molecule has 1 amide bonds. The summed E-state index contributed by atoms with van der Waals surface area (Å²) >= 11 is 7.33. The second kappa shape index (κ2) is 8.84. The number of rotatable bonds is 5. The highest BCUT2D eigenvalue weighted by atomic mass is 35.5. The number of morpholine rings is 1. The third kappa shape index (κ3) is 4.77. The lowest BCUT2D eigenvalue weighted by molar-refractivity contribution is 0.0342. The number of carbonyl (C=O) groups is 1. The van der Waals surface area contributed by atoms with Crippen molar-refractivity contribution in [1.82, 2.24) is 9.88 Å². The topological polar surface area (TPSA) is 54.5 Å². The number of halogens is 1. The monoisotopic (exact) mass is 413 g/mol. The molecule has 0 atom stereocenters. The van der Waals surface area contributed by atoms with Gasteiger partial charge in [-0.15, -0.1) is 11.3 Å². The van der Waals surface area contributed by atoms with Gasteiger partial charge in [0.05, 0.1) is 18.9 Å². The van der Waals surface area contributed by atoms with Crippen LogP contribution in [0.15, 0.2) is 53.9 Å². The molecule has 5 nitrogen and oxygen atoms in total. The molecule has 1 fully saturated rings. The van der Waals surface area contributed by atoms with Crippen LogP contribution in [0.3, 0.4) is 0 Å². The van der Waals surface area contributed by atoms with E-state index in [2.05, 4.69) is 15.2 Å². The summed E-state index contributed by atoms with van der Waals surface area (Å²) in [5.74, 6) is -0.157. The maximum absolute atomic E-state index is 12.5. The average Bonchev–Trinajstić information content (AvgIpc) is 3.18. The van der Waals surface area contributed by atoms with E-state index in [0.29, 0.717) is 15.7 Å². The maximum Gasteiger partial charge on any atom is 0.257 e. The molecule has 1 N–H and O–H groups in total. The summed E-state index contributed by atoms with van der Waals surface area (Å²) in [7, 11) is 0. The highest BCUT2D eigenvalue weighted by Crippen LogP contribution is 2.26. The predicted octanol–water partition coefficient (Wildman–Crippen LogP) is 4.55. The van der Waals surface area contributed by atoms with Crippen molar-refractivity contribution in [3.05, 3.63) is 70.1 Å². The van der Waals surface area contributed by atoms with E-state index in [4.69, 9.17) is 16.3 Å². The molecule has 144 valence electrons. The Bertz CT molecular complexity index is 935. The van der Waals surface area contributed by atoms with Crippen molar-refractivity contribution >= 4 is 34.0 Å². The van der Waals surface area contributed by atoms with Crippen LogP contribution in [-0.4, -0.2) is 42.1 Å². The lowest BCUT2D eigenvalue weighted by Crippen LogP contribution is -2.35. The molecule has 1 saturated heterocycles. The first-order valence-electron chi connectivity index (χ1n) is 9.09. The molecule has 0 aliphatic carbocycles. The van der Waals surface area contributed by atoms with Gasteiger partial charge in [0.1, 0.15) is 0 Å². The first-order chi connectivity index (χ1) is 13.7. The number of hydrogen-bond donors (Lipinski definition) is 1. The van der Waals surface area contributed by atoms with E-state index >= 15 is 0 Å².